The number of nitrogens with zero attached hydrogens (tertiary/aromatic N) is 1. The van der Waals surface area contributed by atoms with Crippen LogP contribution in [0.4, 0.5) is 5.69 Å². The SMILES string of the molecule is CCN(CCC(C)(O)CN)c1ccc(C)cc1. The van der Waals surface area contributed by atoms with E-state index in [0.29, 0.717) is 13.0 Å². The third-order valence-electron chi connectivity index (χ3n) is 3.14. The number of hydrogen-bond acceptors (Lipinski definition) is 3. The van der Waals surface area contributed by atoms with Crippen LogP contribution < -0.4 is 10.6 Å². The van der Waals surface area contributed by atoms with E-state index in [2.05, 4.69) is 43.0 Å². The summed E-state index contributed by atoms with van der Waals surface area (Å²) in [6.45, 7) is 8.05. The third-order valence-corrected chi connectivity index (χ3v) is 3.14. The van der Waals surface area contributed by atoms with Gasteiger partial charge in [0.1, 0.15) is 0 Å². The van der Waals surface area contributed by atoms with Crippen molar-refractivity contribution in [3.8, 4) is 0 Å². The van der Waals surface area contributed by atoms with E-state index in [1.54, 1.807) is 6.92 Å². The van der Waals surface area contributed by atoms with Crippen LogP contribution in [0.1, 0.15) is 25.8 Å². The molecule has 3 heteroatoms. The van der Waals surface area contributed by atoms with Crippen LogP contribution in [-0.2, 0) is 0 Å². The summed E-state index contributed by atoms with van der Waals surface area (Å²) in [7, 11) is 0. The van der Waals surface area contributed by atoms with E-state index >= 15 is 0 Å². The minimum atomic E-state index is -0.766. The molecule has 0 spiro atoms. The Balaban J connectivity index is 2.63. The van der Waals surface area contributed by atoms with Gasteiger partial charge in [-0.15, -0.1) is 0 Å². The molecule has 0 aliphatic carbocycles. The lowest BCUT2D eigenvalue weighted by molar-refractivity contribution is 0.0621. The first kappa shape index (κ1) is 14.0. The fraction of sp³-hybridized carbons (Fsp3) is 0.571. The van der Waals surface area contributed by atoms with Crippen LogP contribution >= 0.6 is 0 Å². The van der Waals surface area contributed by atoms with Gasteiger partial charge >= 0.3 is 0 Å². The molecule has 0 radical (unpaired) electrons. The lowest BCUT2D eigenvalue weighted by Crippen LogP contribution is -2.38. The summed E-state index contributed by atoms with van der Waals surface area (Å²) in [4.78, 5) is 2.25. The second kappa shape index (κ2) is 6.03. The molecule has 1 rings (SSSR count). The summed E-state index contributed by atoms with van der Waals surface area (Å²) in [5.74, 6) is 0. The van der Waals surface area contributed by atoms with Crippen molar-refractivity contribution in [2.24, 2.45) is 5.73 Å². The summed E-state index contributed by atoms with van der Waals surface area (Å²) in [5.41, 5.74) is 7.22. The zero-order valence-corrected chi connectivity index (χ0v) is 11.1. The Morgan fingerprint density at radius 2 is 1.88 bits per heavy atom. The van der Waals surface area contributed by atoms with Crippen LogP contribution in [0.3, 0.4) is 0 Å². The lowest BCUT2D eigenvalue weighted by atomic mass is 10.0. The van der Waals surface area contributed by atoms with Crippen molar-refractivity contribution >= 4 is 5.69 Å². The Morgan fingerprint density at radius 3 is 2.35 bits per heavy atom. The first-order valence-corrected chi connectivity index (χ1v) is 6.22. The van der Waals surface area contributed by atoms with E-state index in [1.165, 1.54) is 11.3 Å². The monoisotopic (exact) mass is 236 g/mol. The summed E-state index contributed by atoms with van der Waals surface area (Å²) >= 11 is 0. The molecule has 17 heavy (non-hydrogen) atoms. The van der Waals surface area contributed by atoms with Gasteiger partial charge in [-0.25, -0.2) is 0 Å². The van der Waals surface area contributed by atoms with Crippen LogP contribution in [-0.4, -0.2) is 30.3 Å². The van der Waals surface area contributed by atoms with Gasteiger partial charge in [-0.3, -0.25) is 0 Å². The maximum absolute atomic E-state index is 9.91. The van der Waals surface area contributed by atoms with Crippen molar-refractivity contribution in [3.63, 3.8) is 0 Å². The van der Waals surface area contributed by atoms with Gasteiger partial charge in [0.05, 0.1) is 5.60 Å². The summed E-state index contributed by atoms with van der Waals surface area (Å²) in [6, 6.07) is 8.46. The fourth-order valence-electron chi connectivity index (χ4n) is 1.70. The van der Waals surface area contributed by atoms with E-state index in [4.69, 9.17) is 5.73 Å². The molecule has 0 saturated heterocycles. The topological polar surface area (TPSA) is 49.5 Å². The van der Waals surface area contributed by atoms with E-state index in [0.717, 1.165) is 13.1 Å². The third kappa shape index (κ3) is 4.36. The quantitative estimate of drug-likeness (QED) is 0.793. The normalized spacial score (nSPS) is 14.4. The smallest absolute Gasteiger partial charge is 0.0758 e. The molecule has 1 unspecified atom stereocenters. The van der Waals surface area contributed by atoms with Crippen LogP contribution in [0.2, 0.25) is 0 Å². The van der Waals surface area contributed by atoms with Gasteiger partial charge in [-0.2, -0.15) is 0 Å². The second-order valence-electron chi connectivity index (χ2n) is 4.87. The molecule has 0 aromatic heterocycles. The molecule has 3 nitrogen and oxygen atoms in total. The van der Waals surface area contributed by atoms with Crippen molar-refractivity contribution in [2.75, 3.05) is 24.5 Å². The minimum absolute atomic E-state index is 0.304. The highest BCUT2D eigenvalue weighted by molar-refractivity contribution is 5.47. The molecule has 1 aromatic carbocycles. The first-order chi connectivity index (χ1) is 7.98. The predicted octanol–water partition coefficient (Wildman–Crippen LogP) is 1.92. The highest BCUT2D eigenvalue weighted by Crippen LogP contribution is 2.17. The predicted molar refractivity (Wildman–Crippen MR) is 73.4 cm³/mol. The molecule has 1 atom stereocenters. The average molecular weight is 236 g/mol. The molecule has 3 N–H and O–H groups in total. The van der Waals surface area contributed by atoms with Crippen LogP contribution in [0.5, 0.6) is 0 Å². The van der Waals surface area contributed by atoms with Crippen molar-refractivity contribution in [1.29, 1.82) is 0 Å². The highest BCUT2D eigenvalue weighted by Gasteiger charge is 2.19. The number of aryl methyl sites for hydroxylation is 1. The standard InChI is InChI=1S/C14H24N2O/c1-4-16(10-9-14(3,17)11-15)13-7-5-12(2)6-8-13/h5-8,17H,4,9-11,15H2,1-3H3. The molecule has 0 aliphatic heterocycles. The Labute approximate surface area is 104 Å². The van der Waals surface area contributed by atoms with Gasteiger partial charge in [0.2, 0.25) is 0 Å². The highest BCUT2D eigenvalue weighted by atomic mass is 16.3. The lowest BCUT2D eigenvalue weighted by Gasteiger charge is -2.28. The summed E-state index contributed by atoms with van der Waals surface area (Å²) in [6.07, 6.45) is 0.686. The number of aliphatic hydroxyl groups is 1. The summed E-state index contributed by atoms with van der Waals surface area (Å²) < 4.78 is 0. The average Bonchev–Trinajstić information content (AvgIpc) is 2.32. The number of rotatable bonds is 6. The molecule has 0 saturated carbocycles. The van der Waals surface area contributed by atoms with E-state index in [-0.39, 0.29) is 0 Å². The number of anilines is 1. The number of nitrogens with two attached hydrogens (primary N) is 1. The molecule has 0 heterocycles. The van der Waals surface area contributed by atoms with Crippen molar-refractivity contribution < 1.29 is 5.11 Å². The molecular formula is C14H24N2O. The van der Waals surface area contributed by atoms with Crippen molar-refractivity contribution in [2.45, 2.75) is 32.8 Å². The Kier molecular flexibility index (Phi) is 4.97. The molecule has 96 valence electrons. The molecular weight excluding hydrogens is 212 g/mol. The zero-order valence-electron chi connectivity index (χ0n) is 11.1. The van der Waals surface area contributed by atoms with Crippen LogP contribution in [0.15, 0.2) is 24.3 Å². The van der Waals surface area contributed by atoms with Gasteiger partial charge in [0.25, 0.3) is 0 Å². The number of benzene rings is 1. The molecule has 0 aliphatic rings. The van der Waals surface area contributed by atoms with E-state index in [9.17, 15) is 5.11 Å². The largest absolute Gasteiger partial charge is 0.389 e. The van der Waals surface area contributed by atoms with E-state index in [1.807, 2.05) is 0 Å². The Hall–Kier alpha value is -1.06. The molecule has 0 fully saturated rings. The van der Waals surface area contributed by atoms with Gasteiger partial charge in [0, 0.05) is 25.3 Å². The molecule has 0 bridgehead atoms. The number of hydrogen-bond donors (Lipinski definition) is 2. The molecule has 0 amide bonds. The van der Waals surface area contributed by atoms with Crippen molar-refractivity contribution in [3.05, 3.63) is 29.8 Å². The van der Waals surface area contributed by atoms with Gasteiger partial charge < -0.3 is 15.7 Å². The zero-order chi connectivity index (χ0) is 12.9. The van der Waals surface area contributed by atoms with Gasteiger partial charge in [-0.05, 0) is 39.3 Å². The fourth-order valence-corrected chi connectivity index (χ4v) is 1.70. The molecule has 1 aromatic rings. The Morgan fingerprint density at radius 1 is 1.29 bits per heavy atom. The Bertz CT molecular complexity index is 333. The first-order valence-electron chi connectivity index (χ1n) is 6.22. The van der Waals surface area contributed by atoms with Gasteiger partial charge in [-0.1, -0.05) is 17.7 Å². The van der Waals surface area contributed by atoms with Gasteiger partial charge in [0.15, 0.2) is 0 Å². The summed E-state index contributed by atoms with van der Waals surface area (Å²) in [5, 5.41) is 9.91. The van der Waals surface area contributed by atoms with Crippen LogP contribution in [0, 0.1) is 6.92 Å². The minimum Gasteiger partial charge on any atom is -0.389 e. The van der Waals surface area contributed by atoms with Crippen molar-refractivity contribution in [1.82, 2.24) is 0 Å². The van der Waals surface area contributed by atoms with Crippen LogP contribution in [0.25, 0.3) is 0 Å². The maximum Gasteiger partial charge on any atom is 0.0758 e. The second-order valence-corrected chi connectivity index (χ2v) is 4.87. The van der Waals surface area contributed by atoms with E-state index < -0.39 is 5.60 Å². The maximum atomic E-state index is 9.91.